The second-order valence-electron chi connectivity index (χ2n) is 1.79. The van der Waals surface area contributed by atoms with Crippen LogP contribution in [0, 0.1) is 0 Å². The summed E-state index contributed by atoms with van der Waals surface area (Å²) < 4.78 is 0. The van der Waals surface area contributed by atoms with Gasteiger partial charge >= 0.3 is 5.69 Å². The molecule has 0 unspecified atom stereocenters. The fourth-order valence-corrected chi connectivity index (χ4v) is 0.605. The van der Waals surface area contributed by atoms with Crippen LogP contribution >= 0.6 is 0 Å². The number of rotatable bonds is 1. The van der Waals surface area contributed by atoms with Crippen LogP contribution in [0.2, 0.25) is 0 Å². The lowest BCUT2D eigenvalue weighted by molar-refractivity contribution is 0.450. The van der Waals surface area contributed by atoms with E-state index in [1.165, 1.54) is 0 Å². The van der Waals surface area contributed by atoms with E-state index in [4.69, 9.17) is 10.6 Å². The van der Waals surface area contributed by atoms with E-state index < -0.39 is 22.8 Å². The number of azide groups is 1. The van der Waals surface area contributed by atoms with Crippen LogP contribution < -0.4 is 11.2 Å². The molecule has 62 valence electrons. The molecule has 0 amide bonds. The molecule has 0 fully saturated rings. The van der Waals surface area contributed by atoms with Crippen LogP contribution in [0.3, 0.4) is 0 Å². The van der Waals surface area contributed by atoms with Crippen LogP contribution in [0.25, 0.3) is 10.4 Å². The van der Waals surface area contributed by atoms with Gasteiger partial charge in [0, 0.05) is 4.91 Å². The predicted molar refractivity (Wildman–Crippen MR) is 38.2 cm³/mol. The fourth-order valence-electron chi connectivity index (χ4n) is 0.605. The molecule has 12 heavy (non-hydrogen) atoms. The van der Waals surface area contributed by atoms with Gasteiger partial charge in [0.1, 0.15) is 0 Å². The molecule has 3 N–H and O–H groups in total. The van der Waals surface area contributed by atoms with Gasteiger partial charge in [-0.05, 0) is 10.6 Å². The molecule has 0 bridgehead atoms. The summed E-state index contributed by atoms with van der Waals surface area (Å²) in [6, 6.07) is 0. The van der Waals surface area contributed by atoms with Crippen molar-refractivity contribution in [3.63, 3.8) is 0 Å². The minimum atomic E-state index is -0.936. The van der Waals surface area contributed by atoms with Crippen molar-refractivity contribution < 1.29 is 5.11 Å². The Morgan fingerprint density at radius 3 is 2.58 bits per heavy atom. The van der Waals surface area contributed by atoms with Gasteiger partial charge in [-0.25, -0.2) is 4.79 Å². The van der Waals surface area contributed by atoms with E-state index in [9.17, 15) is 9.59 Å². The number of H-pyrrole nitrogens is 2. The lowest BCUT2D eigenvalue weighted by Crippen LogP contribution is -2.20. The highest BCUT2D eigenvalue weighted by Gasteiger charge is 2.04. The van der Waals surface area contributed by atoms with Crippen molar-refractivity contribution in [3.05, 3.63) is 31.3 Å². The van der Waals surface area contributed by atoms with Crippen molar-refractivity contribution in [3.8, 4) is 5.88 Å². The number of aromatic hydroxyl groups is 1. The third-order valence-electron chi connectivity index (χ3n) is 1.04. The molecule has 0 aliphatic heterocycles. The maximum atomic E-state index is 10.8. The summed E-state index contributed by atoms with van der Waals surface area (Å²) in [7, 11) is 0. The summed E-state index contributed by atoms with van der Waals surface area (Å²) >= 11 is 0. The number of hydrogen-bond acceptors (Lipinski definition) is 4. The predicted octanol–water partition coefficient (Wildman–Crippen LogP) is -0.289. The van der Waals surface area contributed by atoms with Crippen LogP contribution in [0.4, 0.5) is 5.69 Å². The zero-order chi connectivity index (χ0) is 9.14. The Balaban J connectivity index is 3.59. The second kappa shape index (κ2) is 2.81. The molecule has 0 aliphatic carbocycles. The first-order valence-corrected chi connectivity index (χ1v) is 2.76. The zero-order valence-electron chi connectivity index (χ0n) is 5.61. The average Bonchev–Trinajstić information content (AvgIpc) is 1.96. The highest BCUT2D eigenvalue weighted by Crippen LogP contribution is 2.14. The molecule has 1 aromatic heterocycles. The average molecular weight is 169 g/mol. The van der Waals surface area contributed by atoms with Gasteiger partial charge in [0.15, 0.2) is 5.69 Å². The Morgan fingerprint density at radius 2 is 2.08 bits per heavy atom. The molecule has 0 aromatic carbocycles. The quantitative estimate of drug-likeness (QED) is 0.302. The number of aromatic nitrogens is 2. The van der Waals surface area contributed by atoms with Crippen molar-refractivity contribution in [1.82, 2.24) is 9.97 Å². The van der Waals surface area contributed by atoms with Gasteiger partial charge in [-0.3, -0.25) is 14.8 Å². The topological polar surface area (TPSA) is 135 Å². The van der Waals surface area contributed by atoms with Gasteiger partial charge in [-0.1, -0.05) is 0 Å². The molecule has 1 heterocycles. The fraction of sp³-hybridized carbons (Fsp3) is 0. The van der Waals surface area contributed by atoms with Crippen LogP contribution in [0.15, 0.2) is 14.7 Å². The van der Waals surface area contributed by atoms with Gasteiger partial charge in [-0.2, -0.15) is 0 Å². The molecule has 8 nitrogen and oxygen atoms in total. The van der Waals surface area contributed by atoms with Crippen LogP contribution in [0.1, 0.15) is 0 Å². The summed E-state index contributed by atoms with van der Waals surface area (Å²) in [5, 5.41) is 11.7. The number of nitrogens with one attached hydrogen (secondary N) is 2. The third kappa shape index (κ3) is 1.27. The molecule has 8 heteroatoms. The number of nitrogens with zero attached hydrogens (tertiary/aromatic N) is 3. The maximum absolute atomic E-state index is 10.8. The van der Waals surface area contributed by atoms with Gasteiger partial charge < -0.3 is 5.11 Å². The summed E-state index contributed by atoms with van der Waals surface area (Å²) in [5.41, 5.74) is 5.58. The number of aromatic amines is 2. The Bertz CT molecular complexity index is 450. The summed E-state index contributed by atoms with van der Waals surface area (Å²) in [6.45, 7) is 0. The maximum Gasteiger partial charge on any atom is 0.328 e. The number of hydrogen-bond donors (Lipinski definition) is 3. The third-order valence-corrected chi connectivity index (χ3v) is 1.04. The van der Waals surface area contributed by atoms with Crippen molar-refractivity contribution in [1.29, 1.82) is 0 Å². The molecule has 0 aliphatic rings. The Hall–Kier alpha value is -2.21. The molecule has 0 radical (unpaired) electrons. The first-order chi connectivity index (χ1) is 5.65. The Kier molecular flexibility index (Phi) is 1.84. The van der Waals surface area contributed by atoms with Crippen molar-refractivity contribution in [2.24, 2.45) is 5.11 Å². The van der Waals surface area contributed by atoms with Gasteiger partial charge in [0.05, 0.1) is 0 Å². The molecule has 0 atom stereocenters. The summed E-state index contributed by atoms with van der Waals surface area (Å²) in [6.07, 6.45) is 0. The van der Waals surface area contributed by atoms with E-state index in [2.05, 4.69) is 10.0 Å². The van der Waals surface area contributed by atoms with Gasteiger partial charge in [0.25, 0.3) is 5.56 Å². The van der Waals surface area contributed by atoms with Crippen LogP contribution in [-0.2, 0) is 0 Å². The van der Waals surface area contributed by atoms with Crippen molar-refractivity contribution in [2.45, 2.75) is 0 Å². The molecule has 1 aromatic rings. The standard InChI is InChI=1S/C4H3N5O3/c5-9-8-1-2(10)6-4(12)7-3(1)11/h(H3,6,7,10,11,12). The van der Waals surface area contributed by atoms with E-state index >= 15 is 0 Å². The molecule has 0 saturated heterocycles. The largest absolute Gasteiger partial charge is 0.494 e. The molecular weight excluding hydrogens is 166 g/mol. The van der Waals surface area contributed by atoms with E-state index in [0.29, 0.717) is 0 Å². The zero-order valence-corrected chi connectivity index (χ0v) is 5.61. The highest BCUT2D eigenvalue weighted by atomic mass is 16.3. The van der Waals surface area contributed by atoms with Crippen molar-refractivity contribution >= 4 is 5.69 Å². The minimum Gasteiger partial charge on any atom is -0.494 e. The van der Waals surface area contributed by atoms with E-state index in [0.717, 1.165) is 0 Å². The van der Waals surface area contributed by atoms with Gasteiger partial charge in [0.2, 0.25) is 5.88 Å². The summed E-state index contributed by atoms with van der Waals surface area (Å²) in [5.74, 6) is -0.749. The van der Waals surface area contributed by atoms with Gasteiger partial charge in [-0.15, -0.1) is 0 Å². The monoisotopic (exact) mass is 169 g/mol. The minimum absolute atomic E-state index is 0.558. The van der Waals surface area contributed by atoms with E-state index in [-0.39, 0.29) is 0 Å². The summed E-state index contributed by atoms with van der Waals surface area (Å²) in [4.78, 5) is 27.1. The molecule has 1 rings (SSSR count). The Morgan fingerprint density at radius 1 is 1.42 bits per heavy atom. The highest BCUT2D eigenvalue weighted by molar-refractivity contribution is 5.42. The molecular formula is C4H3N5O3. The first-order valence-electron chi connectivity index (χ1n) is 2.76. The lowest BCUT2D eigenvalue weighted by atomic mass is 10.5. The second-order valence-corrected chi connectivity index (χ2v) is 1.79. The molecule has 0 saturated carbocycles. The van der Waals surface area contributed by atoms with E-state index in [1.54, 1.807) is 4.98 Å². The van der Waals surface area contributed by atoms with Crippen LogP contribution in [-0.4, -0.2) is 15.1 Å². The lowest BCUT2D eigenvalue weighted by Gasteiger charge is -1.92. The van der Waals surface area contributed by atoms with Crippen LogP contribution in [0.5, 0.6) is 5.88 Å². The molecule has 0 spiro atoms. The normalized spacial score (nSPS) is 9.00. The van der Waals surface area contributed by atoms with E-state index in [1.807, 2.05) is 4.98 Å². The SMILES string of the molecule is [N-]=[N+]=Nc1c(O)[nH]c(=O)[nH]c1=O. The smallest absolute Gasteiger partial charge is 0.328 e. The van der Waals surface area contributed by atoms with Crippen molar-refractivity contribution in [2.75, 3.05) is 0 Å². The first kappa shape index (κ1) is 7.89. The Labute approximate surface area is 64.1 Å².